The minimum Gasteiger partial charge on any atom is -0.370 e. The van der Waals surface area contributed by atoms with Crippen LogP contribution in [0.25, 0.3) is 0 Å². The fourth-order valence-electron chi connectivity index (χ4n) is 8.34. The zero-order valence-electron chi connectivity index (χ0n) is 19.9. The molecule has 1 aliphatic heterocycles. The van der Waals surface area contributed by atoms with Gasteiger partial charge in [0.2, 0.25) is 0 Å². The number of carbonyl (C=O) groups excluding carboxylic acids is 2. The Morgan fingerprint density at radius 3 is 2.58 bits per heavy atom. The number of carbonyl (C=O) groups is 2. The van der Waals surface area contributed by atoms with E-state index in [1.54, 1.807) is 12.5 Å². The third kappa shape index (κ3) is 2.91. The molecule has 5 aliphatic rings. The molecule has 0 bridgehead atoms. The smallest absolute Gasteiger partial charge is 0.159 e. The maximum Gasteiger partial charge on any atom is 0.159 e. The second-order valence-electron chi connectivity index (χ2n) is 11.2. The van der Waals surface area contributed by atoms with Crippen LogP contribution >= 0.6 is 0 Å². The van der Waals surface area contributed by atoms with E-state index in [0.717, 1.165) is 50.7 Å². The summed E-state index contributed by atoms with van der Waals surface area (Å²) < 4.78 is 6.51. The molecule has 3 nitrogen and oxygen atoms in total. The van der Waals surface area contributed by atoms with Gasteiger partial charge in [0.05, 0.1) is 12.2 Å². The van der Waals surface area contributed by atoms with Gasteiger partial charge in [0.15, 0.2) is 11.6 Å². The molecular formula is C30H34O3. The number of hydrogen-bond donors (Lipinski definition) is 0. The van der Waals surface area contributed by atoms with E-state index < -0.39 is 0 Å². The van der Waals surface area contributed by atoms with Crippen LogP contribution in [0.3, 0.4) is 0 Å². The molecule has 0 radical (unpaired) electrons. The molecule has 1 aromatic rings. The van der Waals surface area contributed by atoms with Crippen LogP contribution in [0.2, 0.25) is 0 Å². The molecule has 1 heterocycles. The minimum absolute atomic E-state index is 0.0825. The van der Waals surface area contributed by atoms with Crippen molar-refractivity contribution in [2.75, 3.05) is 6.61 Å². The lowest BCUT2D eigenvalue weighted by molar-refractivity contribution is -0.115. The number of rotatable bonds is 2. The predicted molar refractivity (Wildman–Crippen MR) is 129 cm³/mol. The summed E-state index contributed by atoms with van der Waals surface area (Å²) >= 11 is 0. The van der Waals surface area contributed by atoms with Gasteiger partial charge in [-0.25, -0.2) is 0 Å². The highest BCUT2D eigenvalue weighted by atomic mass is 16.5. The Kier molecular flexibility index (Phi) is 4.75. The Balaban J connectivity index is 1.42. The summed E-state index contributed by atoms with van der Waals surface area (Å²) in [6.45, 7) is 9.38. The Morgan fingerprint density at radius 2 is 1.88 bits per heavy atom. The van der Waals surface area contributed by atoms with Gasteiger partial charge in [-0.3, -0.25) is 9.59 Å². The van der Waals surface area contributed by atoms with Crippen molar-refractivity contribution in [3.05, 3.63) is 70.3 Å². The van der Waals surface area contributed by atoms with Crippen LogP contribution in [0, 0.1) is 17.3 Å². The fraction of sp³-hybridized carbons (Fsp3) is 0.533. The molecule has 5 atom stereocenters. The van der Waals surface area contributed by atoms with Crippen LogP contribution in [0.5, 0.6) is 0 Å². The number of allylic oxidation sites excluding steroid dienone is 4. The SMILES string of the molecule is C=C1CCO[C@@]12CC[C@H]1[C@@H]3CCC4=CC(=O)CC(c5ccc(C(C)=O)cc5)C4=C3CC[C@@]12C. The molecule has 33 heavy (non-hydrogen) atoms. The zero-order chi connectivity index (χ0) is 23.0. The van der Waals surface area contributed by atoms with E-state index in [0.29, 0.717) is 18.3 Å². The molecule has 1 saturated heterocycles. The molecule has 0 aromatic heterocycles. The normalized spacial score (nSPS) is 37.6. The number of ether oxygens (including phenoxy) is 1. The summed E-state index contributed by atoms with van der Waals surface area (Å²) in [4.78, 5) is 24.5. The maximum absolute atomic E-state index is 12.7. The summed E-state index contributed by atoms with van der Waals surface area (Å²) in [7, 11) is 0. The van der Waals surface area contributed by atoms with E-state index in [1.165, 1.54) is 28.7 Å². The number of fused-ring (bicyclic) bond motifs is 5. The fourth-order valence-corrected chi connectivity index (χ4v) is 8.34. The van der Waals surface area contributed by atoms with Crippen molar-refractivity contribution in [1.82, 2.24) is 0 Å². The van der Waals surface area contributed by atoms with Crippen molar-refractivity contribution in [3.8, 4) is 0 Å². The van der Waals surface area contributed by atoms with Crippen LogP contribution < -0.4 is 0 Å². The molecule has 1 unspecified atom stereocenters. The van der Waals surface area contributed by atoms with Crippen LogP contribution in [-0.4, -0.2) is 23.8 Å². The third-order valence-corrected chi connectivity index (χ3v) is 9.94. The van der Waals surface area contributed by atoms with Crippen LogP contribution in [0.15, 0.2) is 59.2 Å². The van der Waals surface area contributed by atoms with Crippen molar-refractivity contribution in [2.24, 2.45) is 17.3 Å². The van der Waals surface area contributed by atoms with Gasteiger partial charge in [-0.15, -0.1) is 0 Å². The van der Waals surface area contributed by atoms with Crippen molar-refractivity contribution in [3.63, 3.8) is 0 Å². The third-order valence-electron chi connectivity index (χ3n) is 9.94. The van der Waals surface area contributed by atoms with Gasteiger partial charge in [-0.2, -0.15) is 0 Å². The van der Waals surface area contributed by atoms with Crippen molar-refractivity contribution in [1.29, 1.82) is 0 Å². The van der Waals surface area contributed by atoms with E-state index in [-0.39, 0.29) is 28.5 Å². The summed E-state index contributed by atoms with van der Waals surface area (Å²) in [5.74, 6) is 1.65. The monoisotopic (exact) mass is 442 g/mol. The van der Waals surface area contributed by atoms with Gasteiger partial charge in [0.25, 0.3) is 0 Å². The first-order valence-electron chi connectivity index (χ1n) is 12.7. The Morgan fingerprint density at radius 1 is 1.09 bits per heavy atom. The molecule has 0 amide bonds. The van der Waals surface area contributed by atoms with Gasteiger partial charge >= 0.3 is 0 Å². The molecule has 2 saturated carbocycles. The number of hydrogen-bond acceptors (Lipinski definition) is 3. The number of Topliss-reactive ketones (excluding diaryl/α,β-unsaturated/α-hetero) is 1. The van der Waals surface area contributed by atoms with E-state index >= 15 is 0 Å². The van der Waals surface area contributed by atoms with Gasteiger partial charge < -0.3 is 4.74 Å². The number of benzene rings is 1. The van der Waals surface area contributed by atoms with Crippen molar-refractivity contribution >= 4 is 11.6 Å². The van der Waals surface area contributed by atoms with Crippen LogP contribution in [-0.2, 0) is 9.53 Å². The Hall–Kier alpha value is -2.26. The minimum atomic E-state index is -0.117. The lowest BCUT2D eigenvalue weighted by Gasteiger charge is -2.53. The summed E-state index contributed by atoms with van der Waals surface area (Å²) in [6, 6.07) is 7.99. The lowest BCUT2D eigenvalue weighted by atomic mass is 9.53. The van der Waals surface area contributed by atoms with Gasteiger partial charge in [-0.05, 0) is 92.1 Å². The van der Waals surface area contributed by atoms with Crippen LogP contribution in [0.4, 0.5) is 0 Å². The lowest BCUT2D eigenvalue weighted by Crippen LogP contribution is -2.50. The average molecular weight is 443 g/mol. The highest BCUT2D eigenvalue weighted by Crippen LogP contribution is 2.68. The molecule has 4 aliphatic carbocycles. The summed E-state index contributed by atoms with van der Waals surface area (Å²) in [5.41, 5.74) is 7.62. The molecule has 0 N–H and O–H groups in total. The predicted octanol–water partition coefficient (Wildman–Crippen LogP) is 6.50. The second-order valence-corrected chi connectivity index (χ2v) is 11.2. The molecule has 1 aromatic carbocycles. The highest BCUT2D eigenvalue weighted by Gasteiger charge is 2.64. The summed E-state index contributed by atoms with van der Waals surface area (Å²) in [5, 5.41) is 0. The topological polar surface area (TPSA) is 43.4 Å². The average Bonchev–Trinajstić information content (AvgIpc) is 3.33. The van der Waals surface area contributed by atoms with Crippen molar-refractivity contribution < 1.29 is 14.3 Å². The van der Waals surface area contributed by atoms with Gasteiger partial charge in [-0.1, -0.05) is 43.3 Å². The van der Waals surface area contributed by atoms with Gasteiger partial charge in [0, 0.05) is 23.3 Å². The zero-order valence-corrected chi connectivity index (χ0v) is 19.9. The molecule has 6 rings (SSSR count). The van der Waals surface area contributed by atoms with Crippen LogP contribution in [0.1, 0.15) is 87.1 Å². The Bertz CT molecular complexity index is 1120. The van der Waals surface area contributed by atoms with E-state index in [9.17, 15) is 9.59 Å². The van der Waals surface area contributed by atoms with E-state index in [1.807, 2.05) is 18.2 Å². The van der Waals surface area contributed by atoms with E-state index in [4.69, 9.17) is 4.74 Å². The largest absolute Gasteiger partial charge is 0.370 e. The molecule has 3 heteroatoms. The first-order valence-corrected chi connectivity index (χ1v) is 12.7. The van der Waals surface area contributed by atoms with Gasteiger partial charge in [0.1, 0.15) is 0 Å². The second kappa shape index (κ2) is 7.37. The van der Waals surface area contributed by atoms with Crippen molar-refractivity contribution in [2.45, 2.75) is 76.7 Å². The molecular weight excluding hydrogens is 408 g/mol. The quantitative estimate of drug-likeness (QED) is 0.388. The summed E-state index contributed by atoms with van der Waals surface area (Å²) in [6.07, 6.45) is 10.2. The Labute approximate surface area is 197 Å². The standard InChI is InChI=1S/C30H34O3/c1-18-12-15-33-30(18)14-11-27-24-9-8-22-16-23(32)17-26(21-6-4-20(5-7-21)19(2)31)28(22)25(24)10-13-29(27,30)3/h4-7,16,24,26-27H,1,8-15,17H2,2-3H3/t24-,26?,27+,29+,30+/m1/s1. The first-order chi connectivity index (χ1) is 15.8. The maximum atomic E-state index is 12.7. The molecule has 1 spiro atoms. The number of ketones is 2. The molecule has 3 fully saturated rings. The van der Waals surface area contributed by atoms with E-state index in [2.05, 4.69) is 25.6 Å². The molecule has 172 valence electrons. The first kappa shape index (κ1) is 21.3. The highest BCUT2D eigenvalue weighted by molar-refractivity contribution is 5.95.